The lowest BCUT2D eigenvalue weighted by Gasteiger charge is -2.35. The van der Waals surface area contributed by atoms with Gasteiger partial charge in [0.25, 0.3) is 0 Å². The molecule has 0 radical (unpaired) electrons. The predicted molar refractivity (Wildman–Crippen MR) is 124 cm³/mol. The Morgan fingerprint density at radius 1 is 1.19 bits per heavy atom. The maximum absolute atomic E-state index is 13.4. The van der Waals surface area contributed by atoms with Crippen LogP contribution in [-0.4, -0.2) is 32.4 Å². The number of likely N-dealkylation sites (tertiary alicyclic amines) is 1. The number of hydrogen-bond donors (Lipinski definition) is 0. The van der Waals surface area contributed by atoms with Crippen molar-refractivity contribution in [3.8, 4) is 17.5 Å². The van der Waals surface area contributed by atoms with Gasteiger partial charge in [0, 0.05) is 41.5 Å². The highest BCUT2D eigenvalue weighted by Gasteiger charge is 2.45. The van der Waals surface area contributed by atoms with Crippen LogP contribution in [0.4, 0.5) is 0 Å². The first-order valence-corrected chi connectivity index (χ1v) is 11.5. The van der Waals surface area contributed by atoms with Crippen molar-refractivity contribution in [1.29, 1.82) is 5.26 Å². The maximum Gasteiger partial charge on any atom is 0.223 e. The molecule has 6 heteroatoms. The van der Waals surface area contributed by atoms with Crippen molar-refractivity contribution in [2.24, 2.45) is 0 Å². The summed E-state index contributed by atoms with van der Waals surface area (Å²) in [5.74, 6) is 1.02. The number of aromatic nitrogens is 2. The van der Waals surface area contributed by atoms with Crippen molar-refractivity contribution in [3.05, 3.63) is 76.6 Å². The van der Waals surface area contributed by atoms with Gasteiger partial charge in [-0.05, 0) is 68.5 Å². The Hall–Kier alpha value is -3.10. The summed E-state index contributed by atoms with van der Waals surface area (Å²) >= 11 is 6.21. The van der Waals surface area contributed by atoms with Gasteiger partial charge in [-0.15, -0.1) is 0 Å². The summed E-state index contributed by atoms with van der Waals surface area (Å²) < 4.78 is 2.16. The van der Waals surface area contributed by atoms with Crippen LogP contribution in [0.5, 0.6) is 0 Å². The van der Waals surface area contributed by atoms with E-state index in [1.807, 2.05) is 48.7 Å². The highest BCUT2D eigenvalue weighted by molar-refractivity contribution is 6.30. The normalized spacial score (nSPS) is 23.6. The third kappa shape index (κ3) is 3.05. The van der Waals surface area contributed by atoms with Gasteiger partial charge in [0.05, 0.1) is 17.2 Å². The van der Waals surface area contributed by atoms with Crippen LogP contribution in [0, 0.1) is 11.3 Å². The van der Waals surface area contributed by atoms with E-state index in [0.29, 0.717) is 23.4 Å². The minimum Gasteiger partial charge on any atom is -0.337 e. The number of rotatable bonds is 4. The summed E-state index contributed by atoms with van der Waals surface area (Å²) in [5, 5.41) is 10.1. The van der Waals surface area contributed by atoms with Crippen LogP contribution in [0.2, 0.25) is 5.02 Å². The molecule has 3 aromatic rings. The van der Waals surface area contributed by atoms with E-state index >= 15 is 0 Å². The minimum atomic E-state index is -0.582. The Morgan fingerprint density at radius 3 is 2.59 bits per heavy atom. The van der Waals surface area contributed by atoms with Gasteiger partial charge in [-0.3, -0.25) is 4.79 Å². The molecule has 3 unspecified atom stereocenters. The number of nitriles is 1. The fourth-order valence-corrected chi connectivity index (χ4v) is 5.75. The van der Waals surface area contributed by atoms with Gasteiger partial charge >= 0.3 is 0 Å². The highest BCUT2D eigenvalue weighted by Crippen LogP contribution is 2.50. The van der Waals surface area contributed by atoms with E-state index in [2.05, 4.69) is 34.4 Å². The SMILES string of the molecule is CC1CCC(C)N1C(=O)CCC1(c2ccc(Cl)cc2)c2ccc(C#N)cc2-c2nccn21. The lowest BCUT2D eigenvalue weighted by molar-refractivity contribution is -0.133. The largest absolute Gasteiger partial charge is 0.337 e. The first kappa shape index (κ1) is 20.8. The van der Waals surface area contributed by atoms with Crippen LogP contribution in [0.15, 0.2) is 54.9 Å². The van der Waals surface area contributed by atoms with E-state index in [0.717, 1.165) is 35.4 Å². The minimum absolute atomic E-state index is 0.194. The maximum atomic E-state index is 13.4. The van der Waals surface area contributed by atoms with Gasteiger partial charge in [-0.2, -0.15) is 5.26 Å². The van der Waals surface area contributed by atoms with Crippen molar-refractivity contribution in [1.82, 2.24) is 14.5 Å². The summed E-state index contributed by atoms with van der Waals surface area (Å²) in [7, 11) is 0. The molecule has 1 amide bonds. The van der Waals surface area contributed by atoms with E-state index in [1.54, 1.807) is 6.20 Å². The van der Waals surface area contributed by atoms with E-state index in [1.165, 1.54) is 0 Å². The second-order valence-corrected chi connectivity index (χ2v) is 9.37. The molecule has 0 saturated carbocycles. The Bertz CT molecular complexity index is 1220. The van der Waals surface area contributed by atoms with Crippen molar-refractivity contribution in [2.45, 2.75) is 57.2 Å². The highest BCUT2D eigenvalue weighted by atomic mass is 35.5. The second kappa shape index (κ2) is 7.79. The molecule has 0 spiro atoms. The molecule has 3 heterocycles. The smallest absolute Gasteiger partial charge is 0.223 e. The molecule has 0 bridgehead atoms. The Morgan fingerprint density at radius 2 is 1.91 bits per heavy atom. The van der Waals surface area contributed by atoms with E-state index in [4.69, 9.17) is 11.6 Å². The van der Waals surface area contributed by atoms with Crippen LogP contribution in [0.3, 0.4) is 0 Å². The first-order chi connectivity index (χ1) is 15.5. The van der Waals surface area contributed by atoms with Crippen molar-refractivity contribution in [2.75, 3.05) is 0 Å². The molecular weight excluding hydrogens is 420 g/mol. The summed E-state index contributed by atoms with van der Waals surface area (Å²) in [6.07, 6.45) is 6.90. The number of fused-ring (bicyclic) bond motifs is 3. The summed E-state index contributed by atoms with van der Waals surface area (Å²) in [5.41, 5.74) is 3.08. The summed E-state index contributed by atoms with van der Waals surface area (Å²) in [6, 6.07) is 16.4. The standard InChI is InChI=1S/C26H25ClN4O/c1-17-3-4-18(2)31(17)24(32)11-12-26(20-6-8-21(27)9-7-20)23-10-5-19(16-28)15-22(23)25-29-13-14-30(25)26/h5-10,13-15,17-18H,3-4,11-12H2,1-2H3. The van der Waals surface area contributed by atoms with Crippen LogP contribution >= 0.6 is 11.6 Å². The number of nitrogens with zero attached hydrogens (tertiary/aromatic N) is 4. The molecular formula is C26H25ClN4O. The monoisotopic (exact) mass is 444 g/mol. The van der Waals surface area contributed by atoms with E-state index < -0.39 is 5.54 Å². The number of hydrogen-bond acceptors (Lipinski definition) is 3. The van der Waals surface area contributed by atoms with Gasteiger partial charge in [-0.1, -0.05) is 29.8 Å². The molecule has 5 rings (SSSR count). The third-order valence-corrected chi connectivity index (χ3v) is 7.40. The topological polar surface area (TPSA) is 61.9 Å². The van der Waals surface area contributed by atoms with E-state index in [9.17, 15) is 10.1 Å². The van der Waals surface area contributed by atoms with Gasteiger partial charge < -0.3 is 9.47 Å². The zero-order chi connectivity index (χ0) is 22.5. The van der Waals surface area contributed by atoms with Crippen LogP contribution in [-0.2, 0) is 10.3 Å². The molecule has 32 heavy (non-hydrogen) atoms. The Balaban J connectivity index is 1.62. The number of carbonyl (C=O) groups excluding carboxylic acids is 1. The quantitative estimate of drug-likeness (QED) is 0.544. The third-order valence-electron chi connectivity index (χ3n) is 7.15. The van der Waals surface area contributed by atoms with E-state index in [-0.39, 0.29) is 18.0 Å². The van der Waals surface area contributed by atoms with Crippen LogP contribution in [0.1, 0.15) is 56.2 Å². The molecule has 2 aliphatic rings. The van der Waals surface area contributed by atoms with Gasteiger partial charge in [0.1, 0.15) is 5.82 Å². The first-order valence-electron chi connectivity index (χ1n) is 11.1. The summed E-state index contributed by atoms with van der Waals surface area (Å²) in [4.78, 5) is 20.0. The fraction of sp³-hybridized carbons (Fsp3) is 0.346. The summed E-state index contributed by atoms with van der Waals surface area (Å²) in [6.45, 7) is 4.28. The molecule has 0 aliphatic carbocycles. The van der Waals surface area contributed by atoms with Gasteiger partial charge in [0.15, 0.2) is 0 Å². The molecule has 1 aromatic heterocycles. The number of benzene rings is 2. The van der Waals surface area contributed by atoms with Crippen LogP contribution < -0.4 is 0 Å². The molecule has 1 saturated heterocycles. The van der Waals surface area contributed by atoms with Crippen molar-refractivity contribution >= 4 is 17.5 Å². The van der Waals surface area contributed by atoms with Crippen molar-refractivity contribution < 1.29 is 4.79 Å². The van der Waals surface area contributed by atoms with Gasteiger partial charge in [-0.25, -0.2) is 4.98 Å². The molecule has 0 N–H and O–H groups in total. The van der Waals surface area contributed by atoms with Crippen LogP contribution in [0.25, 0.3) is 11.4 Å². The fourth-order valence-electron chi connectivity index (χ4n) is 5.62. The molecule has 2 aromatic carbocycles. The average molecular weight is 445 g/mol. The average Bonchev–Trinajstić information content (AvgIpc) is 3.47. The molecule has 162 valence electrons. The number of amides is 1. The molecule has 5 nitrogen and oxygen atoms in total. The Kier molecular flexibility index (Phi) is 5.06. The number of carbonyl (C=O) groups is 1. The lowest BCUT2D eigenvalue weighted by Crippen LogP contribution is -2.40. The molecule has 1 fully saturated rings. The Labute approximate surface area is 193 Å². The zero-order valence-electron chi connectivity index (χ0n) is 18.3. The molecule has 2 aliphatic heterocycles. The number of halogens is 1. The van der Waals surface area contributed by atoms with Crippen molar-refractivity contribution in [3.63, 3.8) is 0 Å². The second-order valence-electron chi connectivity index (χ2n) is 8.94. The molecule has 3 atom stereocenters. The van der Waals surface area contributed by atoms with Gasteiger partial charge in [0.2, 0.25) is 5.91 Å². The predicted octanol–water partition coefficient (Wildman–Crippen LogP) is 5.36. The number of imidazole rings is 1. The lowest BCUT2D eigenvalue weighted by atomic mass is 9.78. The zero-order valence-corrected chi connectivity index (χ0v) is 19.0.